The van der Waals surface area contributed by atoms with E-state index in [0.717, 1.165) is 11.3 Å². The SMILES string of the molecule is CC(C)(N)c1cn[nH]c1C(C)(C)N. The second-order valence-corrected chi connectivity index (χ2v) is 4.60. The highest BCUT2D eigenvalue weighted by Gasteiger charge is 2.27. The summed E-state index contributed by atoms with van der Waals surface area (Å²) in [7, 11) is 0. The first-order chi connectivity index (χ1) is 5.73. The van der Waals surface area contributed by atoms with E-state index in [0.29, 0.717) is 0 Å². The summed E-state index contributed by atoms with van der Waals surface area (Å²) in [5, 5.41) is 6.87. The summed E-state index contributed by atoms with van der Waals surface area (Å²) >= 11 is 0. The van der Waals surface area contributed by atoms with Crippen molar-refractivity contribution >= 4 is 0 Å². The Kier molecular flexibility index (Phi) is 2.21. The van der Waals surface area contributed by atoms with Crippen LogP contribution in [-0.4, -0.2) is 10.2 Å². The Morgan fingerprint density at radius 3 is 2.00 bits per heavy atom. The van der Waals surface area contributed by atoms with Crippen LogP contribution in [0.4, 0.5) is 0 Å². The lowest BCUT2D eigenvalue weighted by Crippen LogP contribution is -2.36. The highest BCUT2D eigenvalue weighted by atomic mass is 15.1. The van der Waals surface area contributed by atoms with Crippen molar-refractivity contribution in [2.45, 2.75) is 38.8 Å². The number of hydrogen-bond acceptors (Lipinski definition) is 3. The second-order valence-electron chi connectivity index (χ2n) is 4.60. The molecule has 0 unspecified atom stereocenters. The van der Waals surface area contributed by atoms with E-state index in [4.69, 9.17) is 11.5 Å². The van der Waals surface area contributed by atoms with Gasteiger partial charge in [0.25, 0.3) is 0 Å². The van der Waals surface area contributed by atoms with Crippen molar-refractivity contribution in [1.82, 2.24) is 10.2 Å². The van der Waals surface area contributed by atoms with Gasteiger partial charge in [-0.15, -0.1) is 0 Å². The van der Waals surface area contributed by atoms with Gasteiger partial charge in [-0.3, -0.25) is 5.10 Å². The first kappa shape index (κ1) is 10.2. The van der Waals surface area contributed by atoms with Gasteiger partial charge >= 0.3 is 0 Å². The molecule has 0 radical (unpaired) electrons. The van der Waals surface area contributed by atoms with E-state index in [1.165, 1.54) is 0 Å². The summed E-state index contributed by atoms with van der Waals surface area (Å²) in [6.45, 7) is 7.73. The molecule has 0 aromatic carbocycles. The lowest BCUT2D eigenvalue weighted by molar-refractivity contribution is 0.488. The minimum atomic E-state index is -0.428. The molecule has 1 heterocycles. The zero-order valence-electron chi connectivity index (χ0n) is 8.68. The number of rotatable bonds is 2. The molecule has 0 aliphatic rings. The standard InChI is InChI=1S/C9H18N4/c1-8(2,10)6-5-12-13-7(6)9(3,4)11/h5H,10-11H2,1-4H3,(H,12,13). The Morgan fingerprint density at radius 1 is 1.15 bits per heavy atom. The topological polar surface area (TPSA) is 80.7 Å². The third-order valence-corrected chi connectivity index (χ3v) is 1.98. The van der Waals surface area contributed by atoms with E-state index in [-0.39, 0.29) is 0 Å². The van der Waals surface area contributed by atoms with Crippen molar-refractivity contribution in [2.24, 2.45) is 11.5 Å². The zero-order valence-corrected chi connectivity index (χ0v) is 8.68. The molecule has 0 saturated heterocycles. The third-order valence-electron chi connectivity index (χ3n) is 1.98. The third kappa shape index (κ3) is 2.08. The van der Waals surface area contributed by atoms with Gasteiger partial charge in [-0.25, -0.2) is 0 Å². The molecule has 0 spiro atoms. The molecule has 74 valence electrons. The molecule has 0 saturated carbocycles. The molecule has 0 amide bonds. The van der Waals surface area contributed by atoms with Gasteiger partial charge in [-0.2, -0.15) is 5.10 Å². The van der Waals surface area contributed by atoms with Gasteiger partial charge in [0.15, 0.2) is 0 Å². The van der Waals surface area contributed by atoms with Gasteiger partial charge in [0.1, 0.15) is 0 Å². The largest absolute Gasteiger partial charge is 0.322 e. The van der Waals surface area contributed by atoms with Crippen LogP contribution in [-0.2, 0) is 11.1 Å². The minimum absolute atomic E-state index is 0.404. The number of nitrogens with two attached hydrogens (primary N) is 2. The number of nitrogens with zero attached hydrogens (tertiary/aromatic N) is 1. The van der Waals surface area contributed by atoms with Crippen molar-refractivity contribution in [3.63, 3.8) is 0 Å². The smallest absolute Gasteiger partial charge is 0.0595 e. The Balaban J connectivity index is 3.19. The van der Waals surface area contributed by atoms with Crippen molar-refractivity contribution in [3.05, 3.63) is 17.5 Å². The summed E-state index contributed by atoms with van der Waals surface area (Å²) in [6, 6.07) is 0. The van der Waals surface area contributed by atoms with Crippen molar-refractivity contribution in [2.75, 3.05) is 0 Å². The second kappa shape index (κ2) is 2.82. The summed E-state index contributed by atoms with van der Waals surface area (Å²) in [6.07, 6.45) is 1.74. The minimum Gasteiger partial charge on any atom is -0.322 e. The van der Waals surface area contributed by atoms with Crippen LogP contribution in [0, 0.1) is 0 Å². The maximum atomic E-state index is 5.98. The van der Waals surface area contributed by atoms with Crippen LogP contribution >= 0.6 is 0 Å². The Morgan fingerprint density at radius 2 is 1.69 bits per heavy atom. The molecule has 1 aromatic rings. The monoisotopic (exact) mass is 182 g/mol. The normalized spacial score (nSPS) is 13.4. The van der Waals surface area contributed by atoms with Crippen molar-refractivity contribution in [1.29, 1.82) is 0 Å². The predicted octanol–water partition coefficient (Wildman–Crippen LogP) is 0.797. The average Bonchev–Trinajstić information content (AvgIpc) is 2.27. The Labute approximate surface area is 78.7 Å². The zero-order chi connectivity index (χ0) is 10.3. The molecule has 0 aliphatic carbocycles. The van der Waals surface area contributed by atoms with Crippen molar-refractivity contribution in [3.8, 4) is 0 Å². The van der Waals surface area contributed by atoms with E-state index in [1.807, 2.05) is 27.7 Å². The highest BCUT2D eigenvalue weighted by molar-refractivity contribution is 5.28. The van der Waals surface area contributed by atoms with E-state index < -0.39 is 11.1 Å². The molecule has 1 rings (SSSR count). The quantitative estimate of drug-likeness (QED) is 0.632. The summed E-state index contributed by atoms with van der Waals surface area (Å²) in [5.41, 5.74) is 13.0. The lowest BCUT2D eigenvalue weighted by atomic mass is 9.89. The first-order valence-electron chi connectivity index (χ1n) is 4.35. The van der Waals surface area contributed by atoms with Gasteiger partial charge in [0.05, 0.1) is 17.4 Å². The first-order valence-corrected chi connectivity index (χ1v) is 4.35. The number of aromatic nitrogens is 2. The van der Waals surface area contributed by atoms with Gasteiger partial charge in [0.2, 0.25) is 0 Å². The molecule has 4 heteroatoms. The predicted molar refractivity (Wildman–Crippen MR) is 53.0 cm³/mol. The number of H-pyrrole nitrogens is 1. The molecule has 0 atom stereocenters. The highest BCUT2D eigenvalue weighted by Crippen LogP contribution is 2.25. The Bertz CT molecular complexity index is 259. The fourth-order valence-electron chi connectivity index (χ4n) is 1.27. The van der Waals surface area contributed by atoms with Crippen LogP contribution in [0.2, 0.25) is 0 Å². The molecule has 0 fully saturated rings. The van der Waals surface area contributed by atoms with Crippen LogP contribution in [0.5, 0.6) is 0 Å². The van der Waals surface area contributed by atoms with Crippen LogP contribution in [0.25, 0.3) is 0 Å². The molecule has 13 heavy (non-hydrogen) atoms. The molecule has 0 bridgehead atoms. The molecule has 0 aliphatic heterocycles. The van der Waals surface area contributed by atoms with Gasteiger partial charge < -0.3 is 11.5 Å². The summed E-state index contributed by atoms with van der Waals surface area (Å²) < 4.78 is 0. The maximum absolute atomic E-state index is 5.98. The molecule has 4 nitrogen and oxygen atoms in total. The fourth-order valence-corrected chi connectivity index (χ4v) is 1.27. The molecule has 1 aromatic heterocycles. The van der Waals surface area contributed by atoms with Crippen LogP contribution in [0.1, 0.15) is 39.0 Å². The van der Waals surface area contributed by atoms with E-state index in [1.54, 1.807) is 6.20 Å². The van der Waals surface area contributed by atoms with E-state index in [9.17, 15) is 0 Å². The Hall–Kier alpha value is -0.870. The van der Waals surface area contributed by atoms with Crippen LogP contribution in [0.3, 0.4) is 0 Å². The van der Waals surface area contributed by atoms with Gasteiger partial charge in [-0.1, -0.05) is 0 Å². The number of hydrogen-bond donors (Lipinski definition) is 3. The van der Waals surface area contributed by atoms with Crippen LogP contribution < -0.4 is 11.5 Å². The molecular formula is C9H18N4. The van der Waals surface area contributed by atoms with E-state index >= 15 is 0 Å². The number of aromatic amines is 1. The van der Waals surface area contributed by atoms with Crippen molar-refractivity contribution < 1.29 is 0 Å². The molecular weight excluding hydrogens is 164 g/mol. The van der Waals surface area contributed by atoms with Gasteiger partial charge in [0, 0.05) is 11.1 Å². The van der Waals surface area contributed by atoms with E-state index in [2.05, 4.69) is 10.2 Å². The molecule has 5 N–H and O–H groups in total. The maximum Gasteiger partial charge on any atom is 0.0595 e. The fraction of sp³-hybridized carbons (Fsp3) is 0.667. The summed E-state index contributed by atoms with van der Waals surface area (Å²) in [5.74, 6) is 0. The van der Waals surface area contributed by atoms with Gasteiger partial charge in [-0.05, 0) is 27.7 Å². The summed E-state index contributed by atoms with van der Waals surface area (Å²) in [4.78, 5) is 0. The van der Waals surface area contributed by atoms with Crippen LogP contribution in [0.15, 0.2) is 6.20 Å². The number of nitrogens with one attached hydrogen (secondary N) is 1. The lowest BCUT2D eigenvalue weighted by Gasteiger charge is -2.25. The average molecular weight is 182 g/mol.